The van der Waals surface area contributed by atoms with E-state index >= 15 is 0 Å². The quantitative estimate of drug-likeness (QED) is 0.575. The van der Waals surface area contributed by atoms with Gasteiger partial charge in [0.05, 0.1) is 17.6 Å². The second-order valence-electron chi connectivity index (χ2n) is 4.09. The van der Waals surface area contributed by atoms with Gasteiger partial charge in [0.1, 0.15) is 0 Å². The second-order valence-corrected chi connectivity index (χ2v) is 7.38. The van der Waals surface area contributed by atoms with Crippen LogP contribution in [0.15, 0.2) is 0 Å². The molecular formula is C8H16O6S2. The molecule has 16 heavy (non-hydrogen) atoms. The van der Waals surface area contributed by atoms with E-state index in [1.807, 2.05) is 6.92 Å². The van der Waals surface area contributed by atoms with Crippen molar-refractivity contribution in [3.8, 4) is 0 Å². The van der Waals surface area contributed by atoms with E-state index in [0.29, 0.717) is 6.42 Å². The van der Waals surface area contributed by atoms with Gasteiger partial charge in [-0.3, -0.25) is 8.74 Å². The van der Waals surface area contributed by atoms with Gasteiger partial charge in [-0.2, -0.15) is 16.8 Å². The zero-order chi connectivity index (χ0) is 12.4. The van der Waals surface area contributed by atoms with E-state index in [4.69, 9.17) is 8.74 Å². The van der Waals surface area contributed by atoms with Crippen molar-refractivity contribution in [2.45, 2.75) is 32.3 Å². The maximum Gasteiger partial charge on any atom is 0.268 e. The molecule has 0 bridgehead atoms. The first-order valence-corrected chi connectivity index (χ1v) is 8.24. The van der Waals surface area contributed by atoms with Gasteiger partial charge < -0.3 is 0 Å². The summed E-state index contributed by atoms with van der Waals surface area (Å²) in [5.74, 6) is -1.36. The Hall–Kier alpha value is -0.180. The fraction of sp³-hybridized carbons (Fsp3) is 1.00. The minimum atomic E-state index is -4.26. The Labute approximate surface area is 95.9 Å². The van der Waals surface area contributed by atoms with Crippen LogP contribution in [0.5, 0.6) is 0 Å². The third kappa shape index (κ3) is 4.77. The van der Waals surface area contributed by atoms with Crippen LogP contribution in [0.1, 0.15) is 26.2 Å². The summed E-state index contributed by atoms with van der Waals surface area (Å²) >= 11 is 0. The van der Waals surface area contributed by atoms with Gasteiger partial charge in [0.2, 0.25) is 0 Å². The van der Waals surface area contributed by atoms with Gasteiger partial charge in [-0.25, -0.2) is 0 Å². The minimum absolute atomic E-state index is 0.167. The first-order valence-electron chi connectivity index (χ1n) is 5.06. The average Bonchev–Trinajstić information content (AvgIpc) is 2.47. The number of hydrogen-bond acceptors (Lipinski definition) is 5. The predicted molar refractivity (Wildman–Crippen MR) is 58.1 cm³/mol. The minimum Gasteiger partial charge on any atom is -0.286 e. The summed E-state index contributed by atoms with van der Waals surface area (Å²) in [7, 11) is -8.13. The van der Waals surface area contributed by atoms with Crippen molar-refractivity contribution < 1.29 is 25.6 Å². The molecule has 0 saturated heterocycles. The molecule has 0 heterocycles. The van der Waals surface area contributed by atoms with Crippen molar-refractivity contribution >= 4 is 20.2 Å². The van der Waals surface area contributed by atoms with Gasteiger partial charge in [0.25, 0.3) is 20.2 Å². The lowest BCUT2D eigenvalue weighted by Crippen LogP contribution is -2.25. The molecule has 2 unspecified atom stereocenters. The largest absolute Gasteiger partial charge is 0.286 e. The van der Waals surface area contributed by atoms with Gasteiger partial charge in [-0.05, 0) is 18.8 Å². The van der Waals surface area contributed by atoms with Crippen LogP contribution in [0.3, 0.4) is 0 Å². The standard InChI is InChI=1S/C8H16O6S2/c1-7-3-2-4-8(7)14-16(12,13)6-5-15(9,10)11/h7-8H,2-6H2,1H3,(H,9,10,11). The fourth-order valence-electron chi connectivity index (χ4n) is 1.70. The van der Waals surface area contributed by atoms with Gasteiger partial charge >= 0.3 is 0 Å². The van der Waals surface area contributed by atoms with E-state index in [0.717, 1.165) is 12.8 Å². The average molecular weight is 272 g/mol. The van der Waals surface area contributed by atoms with E-state index in [1.54, 1.807) is 0 Å². The molecule has 1 rings (SSSR count). The zero-order valence-electron chi connectivity index (χ0n) is 9.00. The lowest BCUT2D eigenvalue weighted by Gasteiger charge is -2.15. The van der Waals surface area contributed by atoms with Crippen LogP contribution in [-0.2, 0) is 24.4 Å². The highest BCUT2D eigenvalue weighted by Gasteiger charge is 2.29. The molecule has 0 amide bonds. The summed E-state index contributed by atoms with van der Waals surface area (Å²) in [6.45, 7) is 1.90. The molecule has 1 aliphatic carbocycles. The summed E-state index contributed by atoms with van der Waals surface area (Å²) in [5, 5.41) is 0. The van der Waals surface area contributed by atoms with Crippen LogP contribution < -0.4 is 0 Å². The Bertz CT molecular complexity index is 423. The molecule has 6 nitrogen and oxygen atoms in total. The smallest absolute Gasteiger partial charge is 0.268 e. The Balaban J connectivity index is 2.52. The normalized spacial score (nSPS) is 27.1. The number of hydrogen-bond donors (Lipinski definition) is 1. The second kappa shape index (κ2) is 4.99. The van der Waals surface area contributed by atoms with Crippen LogP contribution in [-0.4, -0.2) is 39.0 Å². The summed E-state index contributed by atoms with van der Waals surface area (Å²) in [5.41, 5.74) is 0. The van der Waals surface area contributed by atoms with E-state index < -0.39 is 31.7 Å². The molecule has 8 heteroatoms. The first kappa shape index (κ1) is 13.9. The monoisotopic (exact) mass is 272 g/mol. The van der Waals surface area contributed by atoms with Gasteiger partial charge in [-0.15, -0.1) is 0 Å². The lowest BCUT2D eigenvalue weighted by atomic mass is 10.1. The summed E-state index contributed by atoms with van der Waals surface area (Å²) in [4.78, 5) is 0. The van der Waals surface area contributed by atoms with Gasteiger partial charge in [0, 0.05) is 0 Å². The predicted octanol–water partition coefficient (Wildman–Crippen LogP) is 0.409. The lowest BCUT2D eigenvalue weighted by molar-refractivity contribution is 0.175. The van der Waals surface area contributed by atoms with Crippen molar-refractivity contribution in [1.82, 2.24) is 0 Å². The van der Waals surface area contributed by atoms with Crippen molar-refractivity contribution in [3.63, 3.8) is 0 Å². The summed E-state index contributed by atoms with van der Waals surface area (Å²) in [6, 6.07) is 0. The van der Waals surface area contributed by atoms with Crippen molar-refractivity contribution in [1.29, 1.82) is 0 Å². The SMILES string of the molecule is CC1CCCC1OS(=O)(=O)CCS(=O)(=O)O. The fourth-order valence-corrected chi connectivity index (χ4v) is 4.12. The number of rotatable bonds is 5. The molecule has 0 spiro atoms. The first-order chi connectivity index (χ1) is 7.20. The molecule has 1 saturated carbocycles. The molecule has 2 atom stereocenters. The third-order valence-corrected chi connectivity index (χ3v) is 4.87. The van der Waals surface area contributed by atoms with Crippen LogP contribution in [0.2, 0.25) is 0 Å². The van der Waals surface area contributed by atoms with Gasteiger partial charge in [0.15, 0.2) is 0 Å². The maximum atomic E-state index is 11.4. The Kier molecular flexibility index (Phi) is 4.33. The molecule has 0 radical (unpaired) electrons. The Morgan fingerprint density at radius 3 is 2.25 bits per heavy atom. The molecule has 1 N–H and O–H groups in total. The van der Waals surface area contributed by atoms with Crippen molar-refractivity contribution in [2.24, 2.45) is 5.92 Å². The maximum absolute atomic E-state index is 11.4. The summed E-state index contributed by atoms with van der Waals surface area (Å²) in [6.07, 6.45) is 2.15. The van der Waals surface area contributed by atoms with E-state index in [9.17, 15) is 16.8 Å². The highest BCUT2D eigenvalue weighted by atomic mass is 32.2. The van der Waals surface area contributed by atoms with Crippen molar-refractivity contribution in [2.75, 3.05) is 11.5 Å². The highest BCUT2D eigenvalue weighted by Crippen LogP contribution is 2.28. The topological polar surface area (TPSA) is 97.7 Å². The highest BCUT2D eigenvalue weighted by molar-refractivity contribution is 7.90. The van der Waals surface area contributed by atoms with Gasteiger partial charge in [-0.1, -0.05) is 13.3 Å². The van der Waals surface area contributed by atoms with Crippen LogP contribution in [0, 0.1) is 5.92 Å². The molecular weight excluding hydrogens is 256 g/mol. The molecule has 1 fully saturated rings. The zero-order valence-corrected chi connectivity index (χ0v) is 10.6. The Morgan fingerprint density at radius 2 is 1.81 bits per heavy atom. The van der Waals surface area contributed by atoms with Crippen molar-refractivity contribution in [3.05, 3.63) is 0 Å². The summed E-state index contributed by atoms with van der Waals surface area (Å²) < 4.78 is 56.9. The van der Waals surface area contributed by atoms with Crippen LogP contribution in [0.4, 0.5) is 0 Å². The molecule has 0 aromatic rings. The van der Waals surface area contributed by atoms with E-state index in [-0.39, 0.29) is 12.0 Å². The Morgan fingerprint density at radius 1 is 1.19 bits per heavy atom. The molecule has 1 aliphatic rings. The third-order valence-electron chi connectivity index (χ3n) is 2.64. The molecule has 96 valence electrons. The molecule has 0 aromatic carbocycles. The van der Waals surface area contributed by atoms with Crippen LogP contribution in [0.25, 0.3) is 0 Å². The molecule has 0 aromatic heterocycles. The van der Waals surface area contributed by atoms with Crippen LogP contribution >= 0.6 is 0 Å². The van der Waals surface area contributed by atoms with E-state index in [2.05, 4.69) is 0 Å². The molecule has 0 aliphatic heterocycles. The van der Waals surface area contributed by atoms with E-state index in [1.165, 1.54) is 0 Å².